The Hall–Kier alpha value is -1.40. The zero-order valence-electron chi connectivity index (χ0n) is 9.51. The first-order chi connectivity index (χ1) is 8.49. The van der Waals surface area contributed by atoms with Gasteiger partial charge in [0.05, 0.1) is 6.54 Å². The van der Waals surface area contributed by atoms with Crippen molar-refractivity contribution in [3.05, 3.63) is 54.5 Å². The van der Waals surface area contributed by atoms with Gasteiger partial charge in [-0.25, -0.2) is 4.79 Å². The molecule has 0 fully saturated rings. The number of aryl methyl sites for hydroxylation is 1. The summed E-state index contributed by atoms with van der Waals surface area (Å²) in [4.78, 5) is 23.9. The van der Waals surface area contributed by atoms with Crippen LogP contribution in [0.15, 0.2) is 32.8 Å². The van der Waals surface area contributed by atoms with Crippen molar-refractivity contribution < 1.29 is 9.90 Å². The summed E-state index contributed by atoms with van der Waals surface area (Å²) in [5.41, 5.74) is 0.0813. The van der Waals surface area contributed by atoms with Crippen LogP contribution < -0.4 is 5.56 Å². The number of thiophene rings is 1. The van der Waals surface area contributed by atoms with Gasteiger partial charge in [0.2, 0.25) is 0 Å². The van der Waals surface area contributed by atoms with Crippen molar-refractivity contribution >= 4 is 33.2 Å². The lowest BCUT2D eigenvalue weighted by Gasteiger charge is -2.09. The highest BCUT2D eigenvalue weighted by Gasteiger charge is 2.13. The SMILES string of the molecule is Cc1ccc(C(=O)O)c(=O)n1Cc1cc(Br)cs1. The summed E-state index contributed by atoms with van der Waals surface area (Å²) < 4.78 is 2.43. The number of carbonyl (C=O) groups is 1. The number of rotatable bonds is 3. The minimum Gasteiger partial charge on any atom is -0.477 e. The van der Waals surface area contributed by atoms with Gasteiger partial charge in [0.1, 0.15) is 5.56 Å². The minimum atomic E-state index is -1.19. The Kier molecular flexibility index (Phi) is 3.68. The van der Waals surface area contributed by atoms with E-state index in [9.17, 15) is 9.59 Å². The van der Waals surface area contributed by atoms with E-state index in [1.54, 1.807) is 13.0 Å². The summed E-state index contributed by atoms with van der Waals surface area (Å²) in [6, 6.07) is 4.92. The molecule has 6 heteroatoms. The standard InChI is InChI=1S/C12H10BrNO3S/c1-7-2-3-10(12(16)17)11(15)14(7)5-9-4-8(13)6-18-9/h2-4,6H,5H2,1H3,(H,16,17). The van der Waals surface area contributed by atoms with Crippen LogP contribution in [0, 0.1) is 6.92 Å². The summed E-state index contributed by atoms with van der Waals surface area (Å²) in [6.07, 6.45) is 0. The Morgan fingerprint density at radius 3 is 2.78 bits per heavy atom. The molecule has 0 aliphatic carbocycles. The lowest BCUT2D eigenvalue weighted by Crippen LogP contribution is -2.27. The Labute approximate surface area is 116 Å². The van der Waals surface area contributed by atoms with Crippen LogP contribution in [0.2, 0.25) is 0 Å². The van der Waals surface area contributed by atoms with Crippen LogP contribution in [0.4, 0.5) is 0 Å². The molecule has 0 aliphatic heterocycles. The molecule has 0 aliphatic rings. The average Bonchev–Trinajstić information content (AvgIpc) is 2.69. The molecule has 1 N–H and O–H groups in total. The van der Waals surface area contributed by atoms with Crippen LogP contribution in [0.25, 0.3) is 0 Å². The summed E-state index contributed by atoms with van der Waals surface area (Å²) in [7, 11) is 0. The third kappa shape index (κ3) is 2.54. The molecule has 2 heterocycles. The number of hydrogen-bond donors (Lipinski definition) is 1. The van der Waals surface area contributed by atoms with Gasteiger partial charge in [-0.3, -0.25) is 4.79 Å². The van der Waals surface area contributed by atoms with Crippen molar-refractivity contribution in [3.63, 3.8) is 0 Å². The third-order valence-electron chi connectivity index (χ3n) is 2.56. The normalized spacial score (nSPS) is 10.6. The quantitative estimate of drug-likeness (QED) is 0.942. The third-order valence-corrected chi connectivity index (χ3v) is 4.24. The minimum absolute atomic E-state index is 0.198. The molecule has 0 atom stereocenters. The second-order valence-corrected chi connectivity index (χ2v) is 5.73. The number of halogens is 1. The van der Waals surface area contributed by atoms with Gasteiger partial charge in [-0.15, -0.1) is 11.3 Å². The molecule has 94 valence electrons. The number of aromatic nitrogens is 1. The van der Waals surface area contributed by atoms with Crippen LogP contribution >= 0.6 is 27.3 Å². The molecule has 0 unspecified atom stereocenters. The van der Waals surface area contributed by atoms with E-state index in [1.165, 1.54) is 22.0 Å². The molecule has 0 radical (unpaired) electrons. The summed E-state index contributed by atoms with van der Waals surface area (Å²) in [5, 5.41) is 10.9. The molecule has 0 bridgehead atoms. The smallest absolute Gasteiger partial charge is 0.341 e. The van der Waals surface area contributed by atoms with E-state index in [0.29, 0.717) is 6.54 Å². The Bertz CT molecular complexity index is 660. The Morgan fingerprint density at radius 1 is 1.50 bits per heavy atom. The van der Waals surface area contributed by atoms with E-state index in [0.717, 1.165) is 15.0 Å². The van der Waals surface area contributed by atoms with Gasteiger partial charge < -0.3 is 9.67 Å². The van der Waals surface area contributed by atoms with Gasteiger partial charge in [0.15, 0.2) is 0 Å². The van der Waals surface area contributed by atoms with Gasteiger partial charge in [-0.05, 0) is 41.1 Å². The predicted molar refractivity (Wildman–Crippen MR) is 73.5 cm³/mol. The highest BCUT2D eigenvalue weighted by atomic mass is 79.9. The molecule has 0 saturated heterocycles. The van der Waals surface area contributed by atoms with Gasteiger partial charge in [0.25, 0.3) is 5.56 Å². The van der Waals surface area contributed by atoms with Crippen LogP contribution in [0.5, 0.6) is 0 Å². The van der Waals surface area contributed by atoms with E-state index in [-0.39, 0.29) is 5.56 Å². The zero-order valence-corrected chi connectivity index (χ0v) is 11.9. The maximum Gasteiger partial charge on any atom is 0.341 e. The van der Waals surface area contributed by atoms with E-state index < -0.39 is 11.5 Å². The maximum absolute atomic E-state index is 12.0. The highest BCUT2D eigenvalue weighted by Crippen LogP contribution is 2.20. The second kappa shape index (κ2) is 5.07. The Balaban J connectivity index is 2.47. The number of carboxylic acid groups (broad SMARTS) is 1. The molecule has 2 aromatic heterocycles. The number of aromatic carboxylic acids is 1. The van der Waals surface area contributed by atoms with Crippen molar-refractivity contribution in [2.75, 3.05) is 0 Å². The number of nitrogens with zero attached hydrogens (tertiary/aromatic N) is 1. The molecule has 2 rings (SSSR count). The fourth-order valence-corrected chi connectivity index (χ4v) is 3.06. The molecule has 0 saturated carbocycles. The van der Waals surface area contributed by atoms with Crippen LogP contribution in [0.3, 0.4) is 0 Å². The van der Waals surface area contributed by atoms with Crippen LogP contribution in [-0.2, 0) is 6.54 Å². The van der Waals surface area contributed by atoms with Crippen molar-refractivity contribution in [2.24, 2.45) is 0 Å². The molecule has 0 spiro atoms. The van der Waals surface area contributed by atoms with Gasteiger partial charge in [-0.1, -0.05) is 0 Å². The zero-order chi connectivity index (χ0) is 13.3. The average molecular weight is 328 g/mol. The summed E-state index contributed by atoms with van der Waals surface area (Å²) in [6.45, 7) is 2.18. The fraction of sp³-hybridized carbons (Fsp3) is 0.167. The number of hydrogen-bond acceptors (Lipinski definition) is 3. The first-order valence-electron chi connectivity index (χ1n) is 5.15. The van der Waals surface area contributed by atoms with Gasteiger partial charge in [-0.2, -0.15) is 0 Å². The van der Waals surface area contributed by atoms with Crippen molar-refractivity contribution in [1.82, 2.24) is 4.57 Å². The second-order valence-electron chi connectivity index (χ2n) is 3.82. The number of carboxylic acids is 1. The molecule has 0 aromatic carbocycles. The van der Waals surface area contributed by atoms with Crippen LogP contribution in [-0.4, -0.2) is 15.6 Å². The van der Waals surface area contributed by atoms with Gasteiger partial charge in [0, 0.05) is 20.4 Å². The largest absolute Gasteiger partial charge is 0.477 e. The van der Waals surface area contributed by atoms with E-state index >= 15 is 0 Å². The maximum atomic E-state index is 12.0. The first-order valence-corrected chi connectivity index (χ1v) is 6.83. The molecule has 0 amide bonds. The summed E-state index contributed by atoms with van der Waals surface area (Å²) in [5.74, 6) is -1.19. The highest BCUT2D eigenvalue weighted by molar-refractivity contribution is 9.10. The van der Waals surface area contributed by atoms with Crippen molar-refractivity contribution in [1.29, 1.82) is 0 Å². The summed E-state index contributed by atoms with van der Waals surface area (Å²) >= 11 is 4.87. The van der Waals surface area contributed by atoms with E-state index in [4.69, 9.17) is 5.11 Å². The Morgan fingerprint density at radius 2 is 2.22 bits per heavy atom. The lowest BCUT2D eigenvalue weighted by molar-refractivity contribution is 0.0694. The van der Waals surface area contributed by atoms with Crippen LogP contribution in [0.1, 0.15) is 20.9 Å². The molecular weight excluding hydrogens is 318 g/mol. The van der Waals surface area contributed by atoms with E-state index in [1.807, 2.05) is 11.4 Å². The fourth-order valence-electron chi connectivity index (χ4n) is 1.62. The van der Waals surface area contributed by atoms with Gasteiger partial charge >= 0.3 is 5.97 Å². The predicted octanol–water partition coefficient (Wildman–Crippen LogP) is 2.73. The van der Waals surface area contributed by atoms with E-state index in [2.05, 4.69) is 15.9 Å². The molecule has 4 nitrogen and oxygen atoms in total. The molecular formula is C12H10BrNO3S. The topological polar surface area (TPSA) is 59.3 Å². The molecule has 18 heavy (non-hydrogen) atoms. The monoisotopic (exact) mass is 327 g/mol. The lowest BCUT2D eigenvalue weighted by atomic mass is 10.2. The van der Waals surface area contributed by atoms with Crippen molar-refractivity contribution in [2.45, 2.75) is 13.5 Å². The number of pyridine rings is 1. The van der Waals surface area contributed by atoms with Crippen molar-refractivity contribution in [3.8, 4) is 0 Å². The molecule has 2 aromatic rings. The first kappa shape index (κ1) is 13.0.